The van der Waals surface area contributed by atoms with E-state index in [-0.39, 0.29) is 12.2 Å². The molecule has 2 fully saturated rings. The smallest absolute Gasteiger partial charge is 0.241 e. The molecule has 4 unspecified atom stereocenters. The van der Waals surface area contributed by atoms with Gasteiger partial charge in [-0.15, -0.1) is 0 Å². The van der Waals surface area contributed by atoms with Gasteiger partial charge in [-0.25, -0.2) is 0 Å². The molecule has 0 bridgehead atoms. The van der Waals surface area contributed by atoms with E-state index in [1.807, 2.05) is 0 Å². The normalized spacial score (nSPS) is 34.8. The molecular weight excluding hydrogens is 248 g/mol. The molecule has 1 heterocycles. The molecule has 1 saturated heterocycles. The van der Waals surface area contributed by atoms with E-state index in [0.29, 0.717) is 5.91 Å². The highest BCUT2D eigenvalue weighted by Gasteiger charge is 2.35. The molecule has 3 nitrogen and oxygen atoms in total. The van der Waals surface area contributed by atoms with Crippen molar-refractivity contribution in [1.29, 1.82) is 0 Å². The zero-order chi connectivity index (χ0) is 14.5. The van der Waals surface area contributed by atoms with Crippen molar-refractivity contribution in [3.63, 3.8) is 0 Å². The maximum atomic E-state index is 12.4. The fraction of sp³-hybridized carbons (Fsp3) is 0.941. The summed E-state index contributed by atoms with van der Waals surface area (Å²) in [6, 6.07) is 0.0789. The molecule has 116 valence electrons. The van der Waals surface area contributed by atoms with Gasteiger partial charge in [0.1, 0.15) is 0 Å². The number of unbranched alkanes of at least 4 members (excludes halogenated alkanes) is 1. The van der Waals surface area contributed by atoms with E-state index < -0.39 is 0 Å². The molecule has 0 spiro atoms. The molecule has 0 aromatic heterocycles. The van der Waals surface area contributed by atoms with Gasteiger partial charge in [0.05, 0.1) is 12.2 Å². The van der Waals surface area contributed by atoms with Gasteiger partial charge in [0.2, 0.25) is 5.91 Å². The first-order chi connectivity index (χ1) is 9.61. The van der Waals surface area contributed by atoms with Gasteiger partial charge >= 0.3 is 0 Å². The third-order valence-corrected chi connectivity index (χ3v) is 5.16. The van der Waals surface area contributed by atoms with Crippen molar-refractivity contribution < 1.29 is 4.79 Å². The van der Waals surface area contributed by atoms with Crippen molar-refractivity contribution in [2.45, 2.75) is 84.3 Å². The van der Waals surface area contributed by atoms with Crippen molar-refractivity contribution >= 4 is 5.91 Å². The molecule has 1 saturated carbocycles. The summed E-state index contributed by atoms with van der Waals surface area (Å²) >= 11 is 0. The summed E-state index contributed by atoms with van der Waals surface area (Å²) in [5.41, 5.74) is 0. The third-order valence-electron chi connectivity index (χ3n) is 5.16. The monoisotopic (exact) mass is 280 g/mol. The van der Waals surface area contributed by atoms with Crippen LogP contribution in [0.5, 0.6) is 0 Å². The minimum absolute atomic E-state index is 0.0789. The van der Waals surface area contributed by atoms with Gasteiger partial charge in [-0.2, -0.15) is 0 Å². The number of nitrogens with zero attached hydrogens (tertiary/aromatic N) is 1. The molecule has 0 radical (unpaired) electrons. The number of amides is 1. The van der Waals surface area contributed by atoms with Gasteiger partial charge in [0, 0.05) is 6.54 Å². The Morgan fingerprint density at radius 2 is 2.05 bits per heavy atom. The van der Waals surface area contributed by atoms with E-state index in [2.05, 4.69) is 31.0 Å². The fourth-order valence-corrected chi connectivity index (χ4v) is 3.91. The Bertz CT molecular complexity index is 318. The van der Waals surface area contributed by atoms with Crippen molar-refractivity contribution in [3.8, 4) is 0 Å². The van der Waals surface area contributed by atoms with Crippen molar-refractivity contribution in [1.82, 2.24) is 10.2 Å². The first-order valence-corrected chi connectivity index (χ1v) is 8.68. The molecule has 2 aliphatic rings. The van der Waals surface area contributed by atoms with Crippen LogP contribution in [0.3, 0.4) is 0 Å². The second kappa shape index (κ2) is 7.44. The Kier molecular flexibility index (Phi) is 5.88. The molecule has 1 amide bonds. The highest BCUT2D eigenvalue weighted by atomic mass is 16.2. The lowest BCUT2D eigenvalue weighted by molar-refractivity contribution is -0.130. The van der Waals surface area contributed by atoms with Gasteiger partial charge < -0.3 is 4.90 Å². The number of carbonyl (C=O) groups is 1. The lowest BCUT2D eigenvalue weighted by Gasteiger charge is -2.29. The van der Waals surface area contributed by atoms with E-state index in [9.17, 15) is 4.79 Å². The summed E-state index contributed by atoms with van der Waals surface area (Å²) in [4.78, 5) is 14.5. The standard InChI is InChI=1S/C17H32N2O/c1-4-5-9-16-17(20)19(14(3)18-16)11-10-15-8-6-7-13(2)12-15/h13-16,18H,4-12H2,1-3H3. The molecule has 4 atom stereocenters. The molecule has 1 aliphatic heterocycles. The minimum atomic E-state index is 0.0789. The van der Waals surface area contributed by atoms with Crippen LogP contribution in [0, 0.1) is 11.8 Å². The van der Waals surface area contributed by atoms with Crippen molar-refractivity contribution in [2.24, 2.45) is 11.8 Å². The minimum Gasteiger partial charge on any atom is -0.326 e. The van der Waals surface area contributed by atoms with E-state index in [1.165, 1.54) is 38.5 Å². The predicted octanol–water partition coefficient (Wildman–Crippen LogP) is 3.54. The number of nitrogens with one attached hydrogen (secondary N) is 1. The fourth-order valence-electron chi connectivity index (χ4n) is 3.91. The van der Waals surface area contributed by atoms with Crippen molar-refractivity contribution in [2.75, 3.05) is 6.54 Å². The lowest BCUT2D eigenvalue weighted by Crippen LogP contribution is -2.36. The molecule has 3 heteroatoms. The van der Waals surface area contributed by atoms with Crippen molar-refractivity contribution in [3.05, 3.63) is 0 Å². The molecular formula is C17H32N2O. The average Bonchev–Trinajstić information content (AvgIpc) is 2.69. The van der Waals surface area contributed by atoms with Gasteiger partial charge in [-0.05, 0) is 38.0 Å². The zero-order valence-corrected chi connectivity index (χ0v) is 13.5. The number of rotatable bonds is 6. The summed E-state index contributed by atoms with van der Waals surface area (Å²) in [6.07, 6.45) is 10.2. The molecule has 0 aromatic rings. The predicted molar refractivity (Wildman–Crippen MR) is 83.4 cm³/mol. The number of hydrogen-bond acceptors (Lipinski definition) is 2. The molecule has 0 aromatic carbocycles. The summed E-state index contributed by atoms with van der Waals surface area (Å²) in [6.45, 7) is 7.64. The van der Waals surface area contributed by atoms with Crippen LogP contribution in [-0.4, -0.2) is 29.6 Å². The van der Waals surface area contributed by atoms with Crippen LogP contribution in [0.15, 0.2) is 0 Å². The van der Waals surface area contributed by atoms with Crippen LogP contribution in [-0.2, 0) is 4.79 Å². The topological polar surface area (TPSA) is 32.3 Å². The highest BCUT2D eigenvalue weighted by molar-refractivity contribution is 5.84. The summed E-state index contributed by atoms with van der Waals surface area (Å²) in [7, 11) is 0. The number of carbonyl (C=O) groups excluding carboxylic acids is 1. The van der Waals surface area contributed by atoms with Crippen LogP contribution >= 0.6 is 0 Å². The first kappa shape index (κ1) is 15.8. The zero-order valence-electron chi connectivity index (χ0n) is 13.5. The van der Waals surface area contributed by atoms with Crippen LogP contribution in [0.25, 0.3) is 0 Å². The molecule has 2 rings (SSSR count). The van der Waals surface area contributed by atoms with Gasteiger partial charge in [-0.3, -0.25) is 10.1 Å². The van der Waals surface area contributed by atoms with Crippen LogP contribution in [0.2, 0.25) is 0 Å². The van der Waals surface area contributed by atoms with Crippen LogP contribution < -0.4 is 5.32 Å². The van der Waals surface area contributed by atoms with E-state index in [1.54, 1.807) is 0 Å². The van der Waals surface area contributed by atoms with Gasteiger partial charge in [0.15, 0.2) is 0 Å². The van der Waals surface area contributed by atoms with E-state index >= 15 is 0 Å². The summed E-state index contributed by atoms with van der Waals surface area (Å²) in [5, 5.41) is 3.46. The SMILES string of the molecule is CCCCC1NC(C)N(CCC2CCCC(C)C2)C1=O. The van der Waals surface area contributed by atoms with Crippen LogP contribution in [0.4, 0.5) is 0 Å². The third kappa shape index (κ3) is 3.97. The quantitative estimate of drug-likeness (QED) is 0.807. The maximum absolute atomic E-state index is 12.4. The Morgan fingerprint density at radius 1 is 1.25 bits per heavy atom. The molecule has 1 N–H and O–H groups in total. The van der Waals surface area contributed by atoms with E-state index in [4.69, 9.17) is 0 Å². The largest absolute Gasteiger partial charge is 0.326 e. The second-order valence-corrected chi connectivity index (χ2v) is 7.00. The Labute approximate surface area is 124 Å². The Morgan fingerprint density at radius 3 is 2.75 bits per heavy atom. The Balaban J connectivity index is 1.78. The van der Waals surface area contributed by atoms with E-state index in [0.717, 1.165) is 31.2 Å². The van der Waals surface area contributed by atoms with Gasteiger partial charge in [0.25, 0.3) is 0 Å². The molecule has 20 heavy (non-hydrogen) atoms. The molecule has 1 aliphatic carbocycles. The Hall–Kier alpha value is -0.570. The maximum Gasteiger partial charge on any atom is 0.241 e. The average molecular weight is 280 g/mol. The van der Waals surface area contributed by atoms with Crippen LogP contribution in [0.1, 0.15) is 72.1 Å². The summed E-state index contributed by atoms with van der Waals surface area (Å²) in [5.74, 6) is 2.07. The number of hydrogen-bond donors (Lipinski definition) is 1. The lowest BCUT2D eigenvalue weighted by atomic mass is 9.81. The van der Waals surface area contributed by atoms with Gasteiger partial charge in [-0.1, -0.05) is 46.0 Å². The highest BCUT2D eigenvalue weighted by Crippen LogP contribution is 2.31. The second-order valence-electron chi connectivity index (χ2n) is 7.00. The summed E-state index contributed by atoms with van der Waals surface area (Å²) < 4.78 is 0. The first-order valence-electron chi connectivity index (χ1n) is 8.68.